The van der Waals surface area contributed by atoms with E-state index >= 15 is 0 Å². The number of rotatable bonds is 7. The lowest BCUT2D eigenvalue weighted by molar-refractivity contribution is -0.130. The molecule has 0 aliphatic carbocycles. The van der Waals surface area contributed by atoms with Gasteiger partial charge in [-0.1, -0.05) is 19.4 Å². The van der Waals surface area contributed by atoms with Crippen molar-refractivity contribution >= 4 is 5.91 Å². The Morgan fingerprint density at radius 1 is 1.26 bits per heavy atom. The van der Waals surface area contributed by atoms with Gasteiger partial charge in [0.15, 0.2) is 0 Å². The third kappa shape index (κ3) is 4.59. The van der Waals surface area contributed by atoms with Gasteiger partial charge in [0.05, 0.1) is 6.42 Å². The van der Waals surface area contributed by atoms with Crippen molar-refractivity contribution in [3.05, 3.63) is 35.4 Å². The highest BCUT2D eigenvalue weighted by Crippen LogP contribution is 2.14. The van der Waals surface area contributed by atoms with Gasteiger partial charge in [0, 0.05) is 25.2 Å². The van der Waals surface area contributed by atoms with Crippen molar-refractivity contribution in [1.29, 1.82) is 0 Å². The summed E-state index contributed by atoms with van der Waals surface area (Å²) in [7, 11) is 0. The molecule has 0 aromatic heterocycles. The lowest BCUT2D eigenvalue weighted by Gasteiger charge is -2.22. The molecule has 106 valence electrons. The van der Waals surface area contributed by atoms with E-state index in [9.17, 15) is 13.6 Å². The van der Waals surface area contributed by atoms with Crippen molar-refractivity contribution in [3.8, 4) is 0 Å². The van der Waals surface area contributed by atoms with Crippen molar-refractivity contribution in [2.24, 2.45) is 5.73 Å². The zero-order valence-corrected chi connectivity index (χ0v) is 11.2. The van der Waals surface area contributed by atoms with Gasteiger partial charge in [0.2, 0.25) is 5.91 Å². The molecule has 0 heterocycles. The summed E-state index contributed by atoms with van der Waals surface area (Å²) >= 11 is 0. The molecule has 0 fully saturated rings. The maximum Gasteiger partial charge on any atom is 0.227 e. The van der Waals surface area contributed by atoms with Crippen molar-refractivity contribution < 1.29 is 13.6 Å². The van der Waals surface area contributed by atoms with Crippen LogP contribution < -0.4 is 5.73 Å². The summed E-state index contributed by atoms with van der Waals surface area (Å²) in [6.45, 7) is 3.34. The number of nitrogens with two attached hydrogens (primary N) is 1. The quantitative estimate of drug-likeness (QED) is 0.824. The largest absolute Gasteiger partial charge is 0.341 e. The van der Waals surface area contributed by atoms with Crippen LogP contribution in [-0.4, -0.2) is 30.4 Å². The predicted molar refractivity (Wildman–Crippen MR) is 70.6 cm³/mol. The summed E-state index contributed by atoms with van der Waals surface area (Å²) in [6, 6.07) is 3.60. The fourth-order valence-electron chi connectivity index (χ4n) is 1.83. The van der Waals surface area contributed by atoms with Crippen LogP contribution in [0, 0.1) is 11.6 Å². The van der Waals surface area contributed by atoms with Gasteiger partial charge >= 0.3 is 0 Å². The van der Waals surface area contributed by atoms with Crippen LogP contribution in [-0.2, 0) is 11.2 Å². The minimum absolute atomic E-state index is 0.175. The summed E-state index contributed by atoms with van der Waals surface area (Å²) in [4.78, 5) is 13.6. The fraction of sp³-hybridized carbons (Fsp3) is 0.500. The normalized spacial score (nSPS) is 10.5. The van der Waals surface area contributed by atoms with E-state index < -0.39 is 11.6 Å². The van der Waals surface area contributed by atoms with Crippen LogP contribution >= 0.6 is 0 Å². The topological polar surface area (TPSA) is 46.3 Å². The van der Waals surface area contributed by atoms with E-state index in [1.807, 2.05) is 6.92 Å². The molecule has 5 heteroatoms. The van der Waals surface area contributed by atoms with Crippen LogP contribution in [0.1, 0.15) is 25.3 Å². The molecule has 0 spiro atoms. The summed E-state index contributed by atoms with van der Waals surface area (Å²) in [5, 5.41) is 0. The average molecular weight is 270 g/mol. The van der Waals surface area contributed by atoms with Gasteiger partial charge < -0.3 is 10.6 Å². The molecule has 0 bridgehead atoms. The molecule has 0 aliphatic heterocycles. The second kappa shape index (κ2) is 7.84. The summed E-state index contributed by atoms with van der Waals surface area (Å²) < 4.78 is 27.0. The molecule has 1 aromatic rings. The van der Waals surface area contributed by atoms with Gasteiger partial charge in [-0.25, -0.2) is 8.78 Å². The van der Waals surface area contributed by atoms with Crippen LogP contribution in [0.25, 0.3) is 0 Å². The number of halogens is 2. The fourth-order valence-corrected chi connectivity index (χ4v) is 1.83. The highest BCUT2D eigenvalue weighted by Gasteiger charge is 2.17. The van der Waals surface area contributed by atoms with Crippen LogP contribution in [0.5, 0.6) is 0 Å². The maximum atomic E-state index is 13.5. The van der Waals surface area contributed by atoms with Crippen molar-refractivity contribution in [2.45, 2.75) is 26.2 Å². The molecule has 0 aliphatic rings. The highest BCUT2D eigenvalue weighted by molar-refractivity contribution is 5.78. The van der Waals surface area contributed by atoms with E-state index in [0.29, 0.717) is 19.6 Å². The number of amides is 1. The minimum Gasteiger partial charge on any atom is -0.341 e. The zero-order valence-electron chi connectivity index (χ0n) is 11.2. The van der Waals surface area contributed by atoms with E-state index in [-0.39, 0.29) is 17.9 Å². The first-order chi connectivity index (χ1) is 9.10. The number of carbonyl (C=O) groups is 1. The Bertz CT molecular complexity index is 404. The van der Waals surface area contributed by atoms with Gasteiger partial charge in [-0.2, -0.15) is 0 Å². The third-order valence-electron chi connectivity index (χ3n) is 2.92. The van der Waals surface area contributed by atoms with Crippen molar-refractivity contribution in [2.75, 3.05) is 19.6 Å². The Hall–Kier alpha value is -1.49. The Morgan fingerprint density at radius 2 is 1.89 bits per heavy atom. The first-order valence-corrected chi connectivity index (χ1v) is 6.50. The number of unbranched alkanes of at least 4 members (excludes halogenated alkanes) is 1. The minimum atomic E-state index is -0.684. The van der Waals surface area contributed by atoms with E-state index in [1.54, 1.807) is 4.90 Å². The predicted octanol–water partition coefficient (Wildman–Crippen LogP) is 2.09. The Labute approximate surface area is 112 Å². The Kier molecular flexibility index (Phi) is 6.42. The van der Waals surface area contributed by atoms with Crippen molar-refractivity contribution in [1.82, 2.24) is 4.90 Å². The summed E-state index contributed by atoms with van der Waals surface area (Å²) in [5.74, 6) is -1.66. The van der Waals surface area contributed by atoms with Gasteiger partial charge in [-0.05, 0) is 18.6 Å². The van der Waals surface area contributed by atoms with E-state index in [0.717, 1.165) is 25.0 Å². The number of carbonyl (C=O) groups excluding carboxylic acids is 1. The monoisotopic (exact) mass is 270 g/mol. The molecule has 3 nitrogen and oxygen atoms in total. The SMILES string of the molecule is CCCCN(CCN)C(=O)Cc1c(F)cccc1F. The molecule has 1 amide bonds. The molecule has 19 heavy (non-hydrogen) atoms. The second-order valence-electron chi connectivity index (χ2n) is 4.40. The number of nitrogens with zero attached hydrogens (tertiary/aromatic N) is 1. The molecule has 0 saturated carbocycles. The van der Waals surface area contributed by atoms with Crippen LogP contribution in [0.2, 0.25) is 0 Å². The molecule has 0 atom stereocenters. The van der Waals surface area contributed by atoms with Gasteiger partial charge in [-0.3, -0.25) is 4.79 Å². The first kappa shape index (κ1) is 15.6. The van der Waals surface area contributed by atoms with Gasteiger partial charge in [-0.15, -0.1) is 0 Å². The maximum absolute atomic E-state index is 13.5. The van der Waals surface area contributed by atoms with Crippen molar-refractivity contribution in [3.63, 3.8) is 0 Å². The van der Waals surface area contributed by atoms with E-state index in [1.165, 1.54) is 6.07 Å². The molecule has 1 rings (SSSR count). The van der Waals surface area contributed by atoms with E-state index in [2.05, 4.69) is 0 Å². The molecule has 1 aromatic carbocycles. The lowest BCUT2D eigenvalue weighted by atomic mass is 10.1. The number of hydrogen-bond donors (Lipinski definition) is 1. The third-order valence-corrected chi connectivity index (χ3v) is 2.92. The lowest BCUT2D eigenvalue weighted by Crippen LogP contribution is -2.37. The standard InChI is InChI=1S/C14H20F2N2O/c1-2-3-8-18(9-7-17)14(19)10-11-12(15)5-4-6-13(11)16/h4-6H,2-3,7-10,17H2,1H3. The highest BCUT2D eigenvalue weighted by atomic mass is 19.1. The zero-order chi connectivity index (χ0) is 14.3. The second-order valence-corrected chi connectivity index (χ2v) is 4.40. The van der Waals surface area contributed by atoms with Crippen LogP contribution in [0.3, 0.4) is 0 Å². The molecule has 0 unspecified atom stereocenters. The Balaban J connectivity index is 2.75. The first-order valence-electron chi connectivity index (χ1n) is 6.50. The number of benzene rings is 1. The van der Waals surface area contributed by atoms with Gasteiger partial charge in [0.1, 0.15) is 11.6 Å². The summed E-state index contributed by atoms with van der Waals surface area (Å²) in [5.41, 5.74) is 5.28. The molecule has 2 N–H and O–H groups in total. The summed E-state index contributed by atoms with van der Waals surface area (Å²) in [6.07, 6.45) is 1.54. The Morgan fingerprint density at radius 3 is 2.42 bits per heavy atom. The average Bonchev–Trinajstić information content (AvgIpc) is 2.38. The van der Waals surface area contributed by atoms with Crippen LogP contribution in [0.4, 0.5) is 8.78 Å². The van der Waals surface area contributed by atoms with Crippen LogP contribution in [0.15, 0.2) is 18.2 Å². The molecule has 0 saturated heterocycles. The smallest absolute Gasteiger partial charge is 0.227 e. The van der Waals surface area contributed by atoms with E-state index in [4.69, 9.17) is 5.73 Å². The number of hydrogen-bond acceptors (Lipinski definition) is 2. The molecular weight excluding hydrogens is 250 g/mol. The van der Waals surface area contributed by atoms with Gasteiger partial charge in [0.25, 0.3) is 0 Å². The molecular formula is C14H20F2N2O. The molecule has 0 radical (unpaired) electrons.